The first kappa shape index (κ1) is 12.5. The maximum absolute atomic E-state index is 11.4. The third-order valence-corrected chi connectivity index (χ3v) is 2.93. The molecule has 18 heavy (non-hydrogen) atoms. The number of thiocarbonyl (C=S) groups is 1. The van der Waals surface area contributed by atoms with Crippen LogP contribution in [0.25, 0.3) is 0 Å². The number of carbonyl (C=O) groups excluding carboxylic acids is 2. The summed E-state index contributed by atoms with van der Waals surface area (Å²) in [4.78, 5) is 24.7. The van der Waals surface area contributed by atoms with Crippen LogP contribution in [-0.4, -0.2) is 29.9 Å². The van der Waals surface area contributed by atoms with Gasteiger partial charge in [-0.2, -0.15) is 0 Å². The largest absolute Gasteiger partial charge is 0.389 e. The summed E-state index contributed by atoms with van der Waals surface area (Å²) in [6, 6.07) is 5.58. The molecule has 1 aromatic rings. The summed E-state index contributed by atoms with van der Waals surface area (Å²) in [5, 5.41) is 2.26. The summed E-state index contributed by atoms with van der Waals surface area (Å²) >= 11 is 5.00. The van der Waals surface area contributed by atoms with Gasteiger partial charge in [-0.25, -0.2) is 0 Å². The van der Waals surface area contributed by atoms with E-state index in [0.717, 1.165) is 11.3 Å². The van der Waals surface area contributed by atoms with Gasteiger partial charge in [0.05, 0.1) is 13.1 Å². The van der Waals surface area contributed by atoms with Gasteiger partial charge in [0, 0.05) is 11.3 Å². The fraction of sp³-hybridized carbons (Fsp3) is 0.250. The highest BCUT2D eigenvalue weighted by atomic mass is 32.1. The molecule has 0 radical (unpaired) electrons. The van der Waals surface area contributed by atoms with E-state index in [0.29, 0.717) is 5.56 Å². The number of nitrogens with one attached hydrogen (secondary N) is 1. The van der Waals surface area contributed by atoms with Gasteiger partial charge < -0.3 is 10.6 Å². The van der Waals surface area contributed by atoms with E-state index in [-0.39, 0.29) is 29.9 Å². The molecular weight excluding hydrogens is 250 g/mol. The summed E-state index contributed by atoms with van der Waals surface area (Å²) in [5.41, 5.74) is 8.11. The highest BCUT2D eigenvalue weighted by Crippen LogP contribution is 2.22. The Kier molecular flexibility index (Phi) is 3.29. The quantitative estimate of drug-likeness (QED) is 0.584. The van der Waals surface area contributed by atoms with E-state index in [1.807, 2.05) is 25.1 Å². The van der Waals surface area contributed by atoms with Gasteiger partial charge in [-0.3, -0.25) is 14.9 Å². The van der Waals surface area contributed by atoms with E-state index in [9.17, 15) is 9.59 Å². The lowest BCUT2D eigenvalue weighted by molar-refractivity contribution is -0.130. The second kappa shape index (κ2) is 4.73. The van der Waals surface area contributed by atoms with Gasteiger partial charge >= 0.3 is 0 Å². The van der Waals surface area contributed by atoms with Crippen molar-refractivity contribution in [1.29, 1.82) is 0 Å². The number of carbonyl (C=O) groups is 2. The molecule has 1 heterocycles. The highest BCUT2D eigenvalue weighted by Gasteiger charge is 2.24. The molecule has 0 aromatic heterocycles. The minimum atomic E-state index is -0.319. The molecule has 1 fully saturated rings. The lowest BCUT2D eigenvalue weighted by Gasteiger charge is -2.29. The second-order valence-corrected chi connectivity index (χ2v) is 4.65. The summed E-state index contributed by atoms with van der Waals surface area (Å²) in [5.74, 6) is -0.638. The predicted octanol–water partition coefficient (Wildman–Crippen LogP) is 0.0920. The van der Waals surface area contributed by atoms with E-state index in [1.165, 1.54) is 0 Å². The first-order valence-corrected chi connectivity index (χ1v) is 5.86. The smallest absolute Gasteiger partial charge is 0.246 e. The molecule has 94 valence electrons. The summed E-state index contributed by atoms with van der Waals surface area (Å²) in [6.07, 6.45) is 0. The van der Waals surface area contributed by atoms with Gasteiger partial charge in [-0.05, 0) is 19.1 Å². The molecule has 0 saturated carbocycles. The topological polar surface area (TPSA) is 75.4 Å². The van der Waals surface area contributed by atoms with Gasteiger partial charge in [0.1, 0.15) is 4.99 Å². The molecule has 2 amide bonds. The molecule has 5 nitrogen and oxygen atoms in total. The third kappa shape index (κ3) is 2.48. The Morgan fingerprint density at radius 1 is 1.33 bits per heavy atom. The zero-order valence-corrected chi connectivity index (χ0v) is 10.7. The molecule has 3 N–H and O–H groups in total. The summed E-state index contributed by atoms with van der Waals surface area (Å²) in [7, 11) is 0. The van der Waals surface area contributed by atoms with Crippen LogP contribution in [0.2, 0.25) is 0 Å². The number of imide groups is 1. The Morgan fingerprint density at radius 2 is 1.94 bits per heavy atom. The van der Waals surface area contributed by atoms with Gasteiger partial charge in [-0.1, -0.05) is 23.8 Å². The maximum Gasteiger partial charge on any atom is 0.246 e. The Hall–Kier alpha value is -1.95. The molecule has 0 spiro atoms. The monoisotopic (exact) mass is 263 g/mol. The van der Waals surface area contributed by atoms with Crippen molar-refractivity contribution in [3.63, 3.8) is 0 Å². The lowest BCUT2D eigenvalue weighted by Crippen LogP contribution is -2.51. The minimum absolute atomic E-state index is 0.129. The molecule has 2 rings (SSSR count). The molecule has 1 aliphatic heterocycles. The number of hydrogen-bond donors (Lipinski definition) is 2. The minimum Gasteiger partial charge on any atom is -0.389 e. The zero-order chi connectivity index (χ0) is 13.3. The number of hydrogen-bond acceptors (Lipinski definition) is 4. The standard InChI is InChI=1S/C12H13N3O2S/c1-7-2-3-9(8(4-7)12(13)18)15-5-10(16)14-11(17)6-15/h2-4H,5-6H2,1H3,(H2,13,18)(H,14,16,17). The van der Waals surface area contributed by atoms with E-state index < -0.39 is 0 Å². The fourth-order valence-corrected chi connectivity index (χ4v) is 2.09. The van der Waals surface area contributed by atoms with Crippen LogP contribution in [0.5, 0.6) is 0 Å². The maximum atomic E-state index is 11.4. The van der Waals surface area contributed by atoms with Crippen molar-refractivity contribution in [2.75, 3.05) is 18.0 Å². The predicted molar refractivity (Wildman–Crippen MR) is 72.4 cm³/mol. The molecule has 0 unspecified atom stereocenters. The lowest BCUT2D eigenvalue weighted by atomic mass is 10.1. The number of aryl methyl sites for hydroxylation is 1. The van der Waals surface area contributed by atoms with Crippen LogP contribution in [0.1, 0.15) is 11.1 Å². The number of nitrogens with zero attached hydrogens (tertiary/aromatic N) is 1. The second-order valence-electron chi connectivity index (χ2n) is 4.21. The average molecular weight is 263 g/mol. The van der Waals surface area contributed by atoms with Crippen LogP contribution in [0, 0.1) is 6.92 Å². The summed E-state index contributed by atoms with van der Waals surface area (Å²) in [6.45, 7) is 2.19. The van der Waals surface area contributed by atoms with Crippen LogP contribution in [0.15, 0.2) is 18.2 Å². The molecule has 1 saturated heterocycles. The summed E-state index contributed by atoms with van der Waals surface area (Å²) < 4.78 is 0. The van der Waals surface area contributed by atoms with Crippen LogP contribution in [-0.2, 0) is 9.59 Å². The molecule has 0 bridgehead atoms. The number of rotatable bonds is 2. The first-order valence-electron chi connectivity index (χ1n) is 5.45. The highest BCUT2D eigenvalue weighted by molar-refractivity contribution is 7.80. The van der Waals surface area contributed by atoms with Crippen molar-refractivity contribution in [1.82, 2.24) is 5.32 Å². The van der Waals surface area contributed by atoms with Crippen LogP contribution >= 0.6 is 12.2 Å². The number of piperazine rings is 1. The molecule has 0 aliphatic carbocycles. The van der Waals surface area contributed by atoms with Crippen molar-refractivity contribution >= 4 is 34.7 Å². The Morgan fingerprint density at radius 3 is 2.50 bits per heavy atom. The Balaban J connectivity index is 2.41. The van der Waals surface area contributed by atoms with E-state index in [1.54, 1.807) is 4.90 Å². The molecule has 1 aromatic carbocycles. The van der Waals surface area contributed by atoms with E-state index in [4.69, 9.17) is 18.0 Å². The Bertz CT molecular complexity index is 526. The third-order valence-electron chi connectivity index (χ3n) is 2.71. The first-order chi connectivity index (χ1) is 8.47. The molecular formula is C12H13N3O2S. The van der Waals surface area contributed by atoms with Crippen molar-refractivity contribution in [2.45, 2.75) is 6.92 Å². The van der Waals surface area contributed by atoms with Crippen molar-refractivity contribution in [3.8, 4) is 0 Å². The van der Waals surface area contributed by atoms with Gasteiger partial charge in [0.2, 0.25) is 11.8 Å². The zero-order valence-electron chi connectivity index (χ0n) is 9.90. The number of nitrogens with two attached hydrogens (primary N) is 1. The van der Waals surface area contributed by atoms with E-state index >= 15 is 0 Å². The van der Waals surface area contributed by atoms with Gasteiger partial charge in [0.25, 0.3) is 0 Å². The normalized spacial score (nSPS) is 15.5. The number of anilines is 1. The van der Waals surface area contributed by atoms with Crippen LogP contribution in [0.4, 0.5) is 5.69 Å². The van der Waals surface area contributed by atoms with Gasteiger partial charge in [-0.15, -0.1) is 0 Å². The van der Waals surface area contributed by atoms with Crippen molar-refractivity contribution in [2.24, 2.45) is 5.73 Å². The van der Waals surface area contributed by atoms with Crippen LogP contribution < -0.4 is 16.0 Å². The average Bonchev–Trinajstić information content (AvgIpc) is 2.27. The SMILES string of the molecule is Cc1ccc(N2CC(=O)NC(=O)C2)c(C(N)=S)c1. The molecule has 0 atom stereocenters. The number of benzene rings is 1. The van der Waals surface area contributed by atoms with E-state index in [2.05, 4.69) is 5.32 Å². The van der Waals surface area contributed by atoms with Crippen molar-refractivity contribution in [3.05, 3.63) is 29.3 Å². The molecule has 1 aliphatic rings. The molecule has 6 heteroatoms. The van der Waals surface area contributed by atoms with Gasteiger partial charge in [0.15, 0.2) is 0 Å². The fourth-order valence-electron chi connectivity index (χ4n) is 1.93. The van der Waals surface area contributed by atoms with Crippen LogP contribution in [0.3, 0.4) is 0 Å². The number of amides is 2. The Labute approximate surface area is 110 Å². The van der Waals surface area contributed by atoms with Crippen molar-refractivity contribution < 1.29 is 9.59 Å².